The van der Waals surface area contributed by atoms with Crippen LogP contribution >= 0.6 is 23.1 Å². The number of carbonyl (C=O) groups excluding carboxylic acids is 1. The lowest BCUT2D eigenvalue weighted by Gasteiger charge is -2.34. The number of hydrogen-bond donors (Lipinski definition) is 2. The normalized spacial score (nSPS) is 16.2. The number of halogens is 3. The van der Waals surface area contributed by atoms with Gasteiger partial charge in [0.15, 0.2) is 0 Å². The van der Waals surface area contributed by atoms with Crippen LogP contribution in [0.2, 0.25) is 0 Å². The van der Waals surface area contributed by atoms with Crippen molar-refractivity contribution in [2.24, 2.45) is 0 Å². The van der Waals surface area contributed by atoms with Gasteiger partial charge in [-0.25, -0.2) is 9.97 Å². The van der Waals surface area contributed by atoms with Crippen LogP contribution in [0.4, 0.5) is 19.0 Å². The molecule has 2 aromatic heterocycles. The van der Waals surface area contributed by atoms with Crippen molar-refractivity contribution in [2.75, 3.05) is 30.8 Å². The third-order valence-electron chi connectivity index (χ3n) is 6.22. The molecule has 1 amide bonds. The van der Waals surface area contributed by atoms with E-state index in [2.05, 4.69) is 25.5 Å². The number of amides is 1. The van der Waals surface area contributed by atoms with Crippen LogP contribution < -0.4 is 15.5 Å². The van der Waals surface area contributed by atoms with Gasteiger partial charge >= 0.3 is 6.18 Å². The summed E-state index contributed by atoms with van der Waals surface area (Å²) in [6.07, 6.45) is -0.865. The summed E-state index contributed by atoms with van der Waals surface area (Å²) in [5.74, 6) is 0.631. The van der Waals surface area contributed by atoms with Crippen molar-refractivity contribution in [3.05, 3.63) is 72.1 Å². The highest BCUT2D eigenvalue weighted by molar-refractivity contribution is 7.98. The second-order valence-corrected chi connectivity index (χ2v) is 10.5. The van der Waals surface area contributed by atoms with Crippen molar-refractivity contribution in [1.82, 2.24) is 20.6 Å². The van der Waals surface area contributed by atoms with Gasteiger partial charge in [-0.1, -0.05) is 24.3 Å². The van der Waals surface area contributed by atoms with Gasteiger partial charge in [-0.15, -0.1) is 23.1 Å². The van der Waals surface area contributed by atoms with Crippen molar-refractivity contribution >= 4 is 45.0 Å². The number of thiophene rings is 1. The SMILES string of the molecule is CSc1ccc(CNC(=O)[C@@H]2CN(c3ncnc4sc(-c5ccc(C(F)(F)F)cc5)cc34)CCN2)cc1. The Morgan fingerprint density at radius 3 is 2.62 bits per heavy atom. The van der Waals surface area contributed by atoms with Crippen molar-refractivity contribution in [1.29, 1.82) is 0 Å². The highest BCUT2D eigenvalue weighted by atomic mass is 32.2. The number of anilines is 1. The van der Waals surface area contributed by atoms with Gasteiger partial charge < -0.3 is 15.5 Å². The molecular formula is C26H24F3N5OS2. The molecule has 0 unspecified atom stereocenters. The summed E-state index contributed by atoms with van der Waals surface area (Å²) < 4.78 is 38.8. The Balaban J connectivity index is 1.30. The number of piperazine rings is 1. The van der Waals surface area contributed by atoms with Crippen LogP contribution in [0.5, 0.6) is 0 Å². The first-order chi connectivity index (χ1) is 17.8. The average Bonchev–Trinajstić information content (AvgIpc) is 3.36. The lowest BCUT2D eigenvalue weighted by molar-refractivity contribution is -0.137. The Labute approximate surface area is 220 Å². The predicted molar refractivity (Wildman–Crippen MR) is 142 cm³/mol. The molecule has 1 atom stereocenters. The number of rotatable bonds is 6. The van der Waals surface area contributed by atoms with Gasteiger partial charge in [0.05, 0.1) is 10.9 Å². The Hall–Kier alpha value is -3.15. The fourth-order valence-corrected chi connectivity index (χ4v) is 5.64. The molecule has 6 nitrogen and oxygen atoms in total. The number of carbonyl (C=O) groups is 1. The molecule has 0 aliphatic carbocycles. The van der Waals surface area contributed by atoms with E-state index in [0.717, 1.165) is 32.8 Å². The van der Waals surface area contributed by atoms with Crippen LogP contribution in [0.3, 0.4) is 0 Å². The van der Waals surface area contributed by atoms with Crippen LogP contribution in [0.1, 0.15) is 11.1 Å². The largest absolute Gasteiger partial charge is 0.416 e. The minimum Gasteiger partial charge on any atom is -0.353 e. The zero-order chi connectivity index (χ0) is 26.0. The number of nitrogens with zero attached hydrogens (tertiary/aromatic N) is 3. The molecule has 4 aromatic rings. The van der Waals surface area contributed by atoms with E-state index in [1.54, 1.807) is 11.8 Å². The lowest BCUT2D eigenvalue weighted by atomic mass is 10.1. The van der Waals surface area contributed by atoms with Gasteiger partial charge in [-0.2, -0.15) is 13.2 Å². The van der Waals surface area contributed by atoms with Crippen LogP contribution in [-0.2, 0) is 17.5 Å². The third kappa shape index (κ3) is 5.73. The van der Waals surface area contributed by atoms with Crippen molar-refractivity contribution < 1.29 is 18.0 Å². The van der Waals surface area contributed by atoms with Crippen molar-refractivity contribution in [3.8, 4) is 10.4 Å². The molecule has 1 aliphatic rings. The Morgan fingerprint density at radius 1 is 1.16 bits per heavy atom. The van der Waals surface area contributed by atoms with Crippen LogP contribution in [0.25, 0.3) is 20.7 Å². The molecule has 1 fully saturated rings. The van der Waals surface area contributed by atoms with Gasteiger partial charge in [0.25, 0.3) is 0 Å². The first-order valence-corrected chi connectivity index (χ1v) is 13.7. The smallest absolute Gasteiger partial charge is 0.353 e. The second-order valence-electron chi connectivity index (χ2n) is 8.62. The lowest BCUT2D eigenvalue weighted by Crippen LogP contribution is -2.57. The number of aromatic nitrogens is 2. The summed E-state index contributed by atoms with van der Waals surface area (Å²) in [5, 5.41) is 7.11. The number of benzene rings is 2. The standard InChI is InChI=1S/C26H24F3N5OS2/c1-36-19-8-2-16(3-9-19)13-31-24(35)21-14-34(11-10-30-21)23-20-12-22(37-25(20)33-15-32-23)17-4-6-18(7-5-17)26(27,28)29/h2-9,12,15,21,30H,10-11,13-14H2,1H3,(H,31,35)/t21-/m0/s1. The number of hydrogen-bond acceptors (Lipinski definition) is 7. The van der Waals surface area contributed by atoms with E-state index in [9.17, 15) is 18.0 Å². The number of nitrogens with one attached hydrogen (secondary N) is 2. The zero-order valence-electron chi connectivity index (χ0n) is 19.9. The summed E-state index contributed by atoms with van der Waals surface area (Å²) in [5.41, 5.74) is 1.04. The quantitative estimate of drug-likeness (QED) is 0.326. The van der Waals surface area contributed by atoms with Crippen LogP contribution in [0.15, 0.2) is 65.8 Å². The zero-order valence-corrected chi connectivity index (χ0v) is 21.5. The molecule has 0 spiro atoms. The molecule has 1 saturated heterocycles. The minimum absolute atomic E-state index is 0.0836. The predicted octanol–water partition coefficient (Wildman–Crippen LogP) is 5.19. The fourth-order valence-electron chi connectivity index (χ4n) is 4.23. The second kappa shape index (κ2) is 10.7. The highest BCUT2D eigenvalue weighted by Gasteiger charge is 2.30. The monoisotopic (exact) mass is 543 g/mol. The summed E-state index contributed by atoms with van der Waals surface area (Å²) in [6.45, 7) is 2.17. The third-order valence-corrected chi connectivity index (χ3v) is 8.06. The number of alkyl halides is 3. The summed E-state index contributed by atoms with van der Waals surface area (Å²) in [4.78, 5) is 26.6. The van der Waals surface area contributed by atoms with Gasteiger partial charge in [-0.05, 0) is 47.7 Å². The summed E-state index contributed by atoms with van der Waals surface area (Å²) in [6, 6.07) is 14.7. The molecule has 0 saturated carbocycles. The van der Waals surface area contributed by atoms with Gasteiger partial charge in [-0.3, -0.25) is 4.79 Å². The molecule has 37 heavy (non-hydrogen) atoms. The summed E-state index contributed by atoms with van der Waals surface area (Å²) in [7, 11) is 0. The maximum atomic E-state index is 12.9. The molecule has 2 aromatic carbocycles. The molecule has 2 N–H and O–H groups in total. The maximum Gasteiger partial charge on any atom is 0.416 e. The molecular weight excluding hydrogens is 519 g/mol. The molecule has 1 aliphatic heterocycles. The van der Waals surface area contributed by atoms with Crippen molar-refractivity contribution in [2.45, 2.75) is 23.7 Å². The van der Waals surface area contributed by atoms with E-state index in [-0.39, 0.29) is 5.91 Å². The topological polar surface area (TPSA) is 70.2 Å². The average molecular weight is 544 g/mol. The Bertz CT molecular complexity index is 1390. The minimum atomic E-state index is -4.37. The fraction of sp³-hybridized carbons (Fsp3) is 0.269. The first kappa shape index (κ1) is 25.5. The van der Waals surface area contributed by atoms with Gasteiger partial charge in [0.2, 0.25) is 5.91 Å². The molecule has 5 rings (SSSR count). The molecule has 0 radical (unpaired) electrons. The van der Waals surface area contributed by atoms with Crippen LogP contribution in [-0.4, -0.2) is 47.8 Å². The number of fused-ring (bicyclic) bond motifs is 1. The van der Waals surface area contributed by atoms with E-state index in [1.807, 2.05) is 36.6 Å². The molecule has 192 valence electrons. The Morgan fingerprint density at radius 2 is 1.92 bits per heavy atom. The van der Waals surface area contributed by atoms with E-state index >= 15 is 0 Å². The van der Waals surface area contributed by atoms with Gasteiger partial charge in [0.1, 0.15) is 23.0 Å². The van der Waals surface area contributed by atoms with E-state index < -0.39 is 17.8 Å². The van der Waals surface area contributed by atoms with E-state index in [4.69, 9.17) is 0 Å². The van der Waals surface area contributed by atoms with Crippen molar-refractivity contribution in [3.63, 3.8) is 0 Å². The van der Waals surface area contributed by atoms with E-state index in [1.165, 1.54) is 34.7 Å². The Kier molecular flexibility index (Phi) is 7.36. The maximum absolute atomic E-state index is 12.9. The molecule has 3 heterocycles. The number of thioether (sulfide) groups is 1. The molecule has 11 heteroatoms. The van der Waals surface area contributed by atoms with Crippen LogP contribution in [0, 0.1) is 0 Å². The first-order valence-electron chi connectivity index (χ1n) is 11.6. The highest BCUT2D eigenvalue weighted by Crippen LogP contribution is 2.37. The molecule has 0 bridgehead atoms. The van der Waals surface area contributed by atoms with Gasteiger partial charge in [0, 0.05) is 36.0 Å². The van der Waals surface area contributed by atoms with E-state index in [0.29, 0.717) is 37.6 Å². The summed E-state index contributed by atoms with van der Waals surface area (Å²) >= 11 is 3.07.